The Kier molecular flexibility index (Phi) is 5.82. The van der Waals surface area contributed by atoms with Crippen LogP contribution in [0.15, 0.2) is 24.3 Å². The van der Waals surface area contributed by atoms with Crippen molar-refractivity contribution in [3.63, 3.8) is 0 Å². The quantitative estimate of drug-likeness (QED) is 0.861. The molecule has 3 rings (SSSR count). The molecule has 1 fully saturated rings. The van der Waals surface area contributed by atoms with Gasteiger partial charge in [0.25, 0.3) is 0 Å². The van der Waals surface area contributed by atoms with Crippen molar-refractivity contribution in [1.29, 1.82) is 0 Å². The first-order valence-corrected chi connectivity index (χ1v) is 9.75. The molecule has 1 aromatic rings. The number of para-hydroxylation sites is 2. The van der Waals surface area contributed by atoms with E-state index in [2.05, 4.69) is 5.32 Å². The number of ketones is 1. The molecule has 1 aromatic carbocycles. The zero-order chi connectivity index (χ0) is 20.4. The van der Waals surface area contributed by atoms with Crippen LogP contribution in [-0.4, -0.2) is 48.0 Å². The van der Waals surface area contributed by atoms with Gasteiger partial charge in [0.05, 0.1) is 17.9 Å². The third-order valence-corrected chi connectivity index (χ3v) is 5.84. The molecule has 3 amide bonds. The Morgan fingerprint density at radius 1 is 1.21 bits per heavy atom. The fourth-order valence-corrected chi connectivity index (χ4v) is 4.06. The molecule has 150 valence electrons. The Morgan fingerprint density at radius 2 is 1.93 bits per heavy atom. The van der Waals surface area contributed by atoms with Crippen LogP contribution in [0.5, 0.6) is 0 Å². The number of Topliss-reactive ketones (excluding diaryl/α,β-unsaturated/α-hetero) is 1. The summed E-state index contributed by atoms with van der Waals surface area (Å²) >= 11 is 0. The zero-order valence-corrected chi connectivity index (χ0v) is 16.6. The van der Waals surface area contributed by atoms with Crippen LogP contribution in [-0.2, 0) is 19.2 Å². The van der Waals surface area contributed by atoms with E-state index in [1.54, 1.807) is 30.1 Å². The molecule has 28 heavy (non-hydrogen) atoms. The molecule has 1 heterocycles. The number of hydrogen-bond donors (Lipinski definition) is 1. The summed E-state index contributed by atoms with van der Waals surface area (Å²) in [5, 5.41) is 2.83. The fourth-order valence-electron chi connectivity index (χ4n) is 4.06. The van der Waals surface area contributed by atoms with Gasteiger partial charge in [0.1, 0.15) is 5.78 Å². The van der Waals surface area contributed by atoms with Crippen LogP contribution in [0.3, 0.4) is 0 Å². The number of nitrogens with one attached hydrogen (secondary N) is 1. The number of hydrogen-bond acceptors (Lipinski definition) is 4. The van der Waals surface area contributed by atoms with Gasteiger partial charge in [-0.1, -0.05) is 19.1 Å². The first-order valence-electron chi connectivity index (χ1n) is 9.75. The van der Waals surface area contributed by atoms with E-state index in [4.69, 9.17) is 0 Å². The van der Waals surface area contributed by atoms with E-state index in [0.717, 1.165) is 6.42 Å². The van der Waals surface area contributed by atoms with E-state index >= 15 is 0 Å². The van der Waals surface area contributed by atoms with E-state index in [1.165, 1.54) is 4.90 Å². The number of nitrogens with zero attached hydrogens (tertiary/aromatic N) is 2. The molecule has 0 saturated heterocycles. The number of carbonyl (C=O) groups is 4. The van der Waals surface area contributed by atoms with Crippen LogP contribution in [0, 0.1) is 11.8 Å². The second kappa shape index (κ2) is 8.12. The second-order valence-electron chi connectivity index (χ2n) is 7.89. The van der Waals surface area contributed by atoms with Gasteiger partial charge in [0.15, 0.2) is 0 Å². The molecule has 3 atom stereocenters. The predicted molar refractivity (Wildman–Crippen MR) is 106 cm³/mol. The molecule has 2 aliphatic rings. The summed E-state index contributed by atoms with van der Waals surface area (Å²) in [6.45, 7) is 3.63. The van der Waals surface area contributed by atoms with Gasteiger partial charge in [-0.2, -0.15) is 0 Å². The summed E-state index contributed by atoms with van der Waals surface area (Å²) in [7, 11) is 1.61. The van der Waals surface area contributed by atoms with Gasteiger partial charge in [0, 0.05) is 38.3 Å². The van der Waals surface area contributed by atoms with E-state index in [-0.39, 0.29) is 60.8 Å². The third kappa shape index (κ3) is 4.08. The Hall–Kier alpha value is -2.70. The van der Waals surface area contributed by atoms with Gasteiger partial charge < -0.3 is 15.1 Å². The van der Waals surface area contributed by atoms with Gasteiger partial charge in [0.2, 0.25) is 17.7 Å². The topological polar surface area (TPSA) is 86.8 Å². The Labute approximate surface area is 165 Å². The van der Waals surface area contributed by atoms with Crippen molar-refractivity contribution >= 4 is 34.9 Å². The summed E-state index contributed by atoms with van der Waals surface area (Å²) < 4.78 is 0. The van der Waals surface area contributed by atoms with Crippen LogP contribution < -0.4 is 10.2 Å². The highest BCUT2D eigenvalue weighted by Crippen LogP contribution is 2.32. The number of rotatable bonds is 4. The molecule has 0 aromatic heterocycles. The first-order chi connectivity index (χ1) is 13.3. The summed E-state index contributed by atoms with van der Waals surface area (Å²) in [6, 6.07) is 6.86. The maximum Gasteiger partial charge on any atom is 0.246 e. The summed E-state index contributed by atoms with van der Waals surface area (Å²) in [4.78, 5) is 52.4. The van der Waals surface area contributed by atoms with Crippen molar-refractivity contribution in [2.24, 2.45) is 11.8 Å². The van der Waals surface area contributed by atoms with Crippen molar-refractivity contribution in [1.82, 2.24) is 4.90 Å². The second-order valence-corrected chi connectivity index (χ2v) is 7.89. The molecular weight excluding hydrogens is 358 g/mol. The maximum atomic E-state index is 13.0. The van der Waals surface area contributed by atoms with E-state index in [1.807, 2.05) is 19.9 Å². The SMILES string of the molecule is C[C@@H]1C(=O)CC[C@H]1CC(=O)N(C)CC(=O)N1c2ccccc2NC(=O)C[C@H]1C. The smallest absolute Gasteiger partial charge is 0.246 e. The molecule has 0 radical (unpaired) electrons. The Morgan fingerprint density at radius 3 is 2.61 bits per heavy atom. The molecular formula is C21H27N3O4. The number of carbonyl (C=O) groups excluding carboxylic acids is 4. The molecule has 7 nitrogen and oxygen atoms in total. The largest absolute Gasteiger partial charge is 0.336 e. The number of anilines is 2. The molecule has 0 bridgehead atoms. The van der Waals surface area contributed by atoms with Crippen molar-refractivity contribution in [2.45, 2.75) is 45.6 Å². The number of fused-ring (bicyclic) bond motifs is 1. The predicted octanol–water partition coefficient (Wildman–Crippen LogP) is 2.21. The summed E-state index contributed by atoms with van der Waals surface area (Å²) in [5.41, 5.74) is 1.24. The van der Waals surface area contributed by atoms with Crippen LogP contribution in [0.4, 0.5) is 11.4 Å². The average molecular weight is 385 g/mol. The van der Waals surface area contributed by atoms with Crippen LogP contribution in [0.1, 0.15) is 39.5 Å². The van der Waals surface area contributed by atoms with Gasteiger partial charge in [-0.05, 0) is 31.4 Å². The van der Waals surface area contributed by atoms with E-state index in [0.29, 0.717) is 17.8 Å². The highest BCUT2D eigenvalue weighted by Gasteiger charge is 2.34. The Balaban J connectivity index is 1.70. The lowest BCUT2D eigenvalue weighted by atomic mass is 9.94. The lowest BCUT2D eigenvalue weighted by Gasteiger charge is -2.30. The number of benzene rings is 1. The summed E-state index contributed by atoms with van der Waals surface area (Å²) in [5.74, 6) is -0.337. The molecule has 1 aliphatic heterocycles. The highest BCUT2D eigenvalue weighted by molar-refractivity contribution is 6.05. The van der Waals surface area contributed by atoms with Crippen LogP contribution in [0.2, 0.25) is 0 Å². The first kappa shape index (κ1) is 20.0. The molecule has 0 unspecified atom stereocenters. The lowest BCUT2D eigenvalue weighted by molar-refractivity contribution is -0.135. The molecule has 1 aliphatic carbocycles. The normalized spacial score (nSPS) is 24.4. The standard InChI is InChI=1S/C21H27N3O4/c1-13-10-19(26)22-16-6-4-5-7-17(16)24(13)21(28)12-23(3)20(27)11-15-8-9-18(25)14(15)2/h4-7,13-15H,8-12H2,1-3H3,(H,22,26)/t13-,14+,15+/m1/s1. The monoisotopic (exact) mass is 385 g/mol. The lowest BCUT2D eigenvalue weighted by Crippen LogP contribution is -2.45. The Bertz CT molecular complexity index is 807. The number of likely N-dealkylation sites (N-methyl/N-ethyl adjacent to an activating group) is 1. The highest BCUT2D eigenvalue weighted by atomic mass is 16.2. The molecule has 7 heteroatoms. The van der Waals surface area contributed by atoms with Crippen LogP contribution in [0.25, 0.3) is 0 Å². The molecule has 1 N–H and O–H groups in total. The third-order valence-electron chi connectivity index (χ3n) is 5.84. The van der Waals surface area contributed by atoms with Crippen LogP contribution >= 0.6 is 0 Å². The maximum absolute atomic E-state index is 13.0. The van der Waals surface area contributed by atoms with Gasteiger partial charge in [-0.3, -0.25) is 19.2 Å². The minimum absolute atomic E-state index is 0.0530. The van der Waals surface area contributed by atoms with E-state index < -0.39 is 0 Å². The minimum Gasteiger partial charge on any atom is -0.336 e. The zero-order valence-electron chi connectivity index (χ0n) is 16.6. The van der Waals surface area contributed by atoms with Gasteiger partial charge in [-0.15, -0.1) is 0 Å². The molecule has 1 saturated carbocycles. The van der Waals surface area contributed by atoms with Crippen molar-refractivity contribution < 1.29 is 19.2 Å². The summed E-state index contributed by atoms with van der Waals surface area (Å²) in [6.07, 6.45) is 1.74. The number of amides is 3. The van der Waals surface area contributed by atoms with Crippen molar-refractivity contribution in [3.05, 3.63) is 24.3 Å². The minimum atomic E-state index is -0.313. The molecule has 0 spiro atoms. The van der Waals surface area contributed by atoms with Gasteiger partial charge >= 0.3 is 0 Å². The fraction of sp³-hybridized carbons (Fsp3) is 0.524. The average Bonchev–Trinajstić information content (AvgIpc) is 2.87. The van der Waals surface area contributed by atoms with Crippen molar-refractivity contribution in [3.8, 4) is 0 Å². The van der Waals surface area contributed by atoms with E-state index in [9.17, 15) is 19.2 Å². The van der Waals surface area contributed by atoms with Gasteiger partial charge in [-0.25, -0.2) is 0 Å². The van der Waals surface area contributed by atoms with Crippen molar-refractivity contribution in [2.75, 3.05) is 23.8 Å².